The lowest BCUT2D eigenvalue weighted by molar-refractivity contribution is -0.0412. The Kier molecular flexibility index (Phi) is 3.89. The maximum Gasteiger partial charge on any atom is 0.106 e. The van der Waals surface area contributed by atoms with Crippen LogP contribution in [0.15, 0.2) is 0 Å². The molecule has 1 aliphatic carbocycles. The first-order chi connectivity index (χ1) is 8.81. The topological polar surface area (TPSA) is 33.7 Å². The summed E-state index contributed by atoms with van der Waals surface area (Å²) >= 11 is 0. The van der Waals surface area contributed by atoms with Crippen molar-refractivity contribution < 1.29 is 9.47 Å². The van der Waals surface area contributed by atoms with E-state index >= 15 is 0 Å². The molecule has 0 amide bonds. The zero-order valence-electron chi connectivity index (χ0n) is 11.5. The quantitative estimate of drug-likeness (QED) is 0.807. The van der Waals surface area contributed by atoms with Crippen LogP contribution in [0.3, 0.4) is 0 Å². The van der Waals surface area contributed by atoms with Crippen molar-refractivity contribution in [3.05, 3.63) is 0 Å². The molecule has 0 aromatic rings. The van der Waals surface area contributed by atoms with E-state index in [2.05, 4.69) is 10.2 Å². The summed E-state index contributed by atoms with van der Waals surface area (Å²) in [6, 6.07) is 0.712. The first-order valence-corrected chi connectivity index (χ1v) is 7.40. The van der Waals surface area contributed by atoms with Crippen molar-refractivity contribution in [1.82, 2.24) is 10.2 Å². The second-order valence-corrected chi connectivity index (χ2v) is 6.18. The highest BCUT2D eigenvalue weighted by Gasteiger charge is 2.39. The van der Waals surface area contributed by atoms with E-state index in [1.807, 2.05) is 7.11 Å². The van der Waals surface area contributed by atoms with Crippen LogP contribution in [-0.2, 0) is 9.47 Å². The van der Waals surface area contributed by atoms with Crippen LogP contribution >= 0.6 is 0 Å². The maximum absolute atomic E-state index is 5.77. The second-order valence-electron chi connectivity index (χ2n) is 6.18. The highest BCUT2D eigenvalue weighted by Crippen LogP contribution is 2.34. The van der Waals surface area contributed by atoms with E-state index in [9.17, 15) is 0 Å². The molecular formula is C14H26N2O2. The first-order valence-electron chi connectivity index (χ1n) is 7.40. The van der Waals surface area contributed by atoms with Crippen molar-refractivity contribution in [2.45, 2.75) is 37.3 Å². The van der Waals surface area contributed by atoms with Crippen molar-refractivity contribution in [2.24, 2.45) is 5.92 Å². The molecule has 3 rings (SSSR count). The molecule has 1 saturated carbocycles. The Balaban J connectivity index is 1.59. The molecule has 0 radical (unpaired) electrons. The molecule has 0 aromatic carbocycles. The molecule has 4 nitrogen and oxygen atoms in total. The Labute approximate surface area is 110 Å². The Bertz CT molecular complexity index is 275. The summed E-state index contributed by atoms with van der Waals surface area (Å²) in [4.78, 5) is 2.60. The number of nitrogens with one attached hydrogen (secondary N) is 1. The van der Waals surface area contributed by atoms with E-state index in [0.29, 0.717) is 6.04 Å². The summed E-state index contributed by atoms with van der Waals surface area (Å²) < 4.78 is 11.3. The average Bonchev–Trinajstić information content (AvgIpc) is 3.15. The average molecular weight is 254 g/mol. The van der Waals surface area contributed by atoms with Gasteiger partial charge in [-0.05, 0) is 38.3 Å². The third-order valence-electron chi connectivity index (χ3n) is 4.72. The summed E-state index contributed by atoms with van der Waals surface area (Å²) in [5.41, 5.74) is -0.0432. The monoisotopic (exact) mass is 254 g/mol. The fourth-order valence-electron chi connectivity index (χ4n) is 3.33. The van der Waals surface area contributed by atoms with E-state index in [1.165, 1.54) is 38.9 Å². The summed E-state index contributed by atoms with van der Waals surface area (Å²) in [5.74, 6) is 0.934. The third kappa shape index (κ3) is 2.87. The summed E-state index contributed by atoms with van der Waals surface area (Å²) in [6.45, 7) is 6.22. The van der Waals surface area contributed by atoms with Crippen LogP contribution in [0.1, 0.15) is 25.7 Å². The minimum Gasteiger partial charge on any atom is -0.378 e. The van der Waals surface area contributed by atoms with Gasteiger partial charge in [-0.3, -0.25) is 4.90 Å². The minimum atomic E-state index is -0.0432. The maximum atomic E-state index is 5.77. The van der Waals surface area contributed by atoms with E-state index in [0.717, 1.165) is 32.1 Å². The van der Waals surface area contributed by atoms with Crippen molar-refractivity contribution in [1.29, 1.82) is 0 Å². The van der Waals surface area contributed by atoms with Gasteiger partial charge in [0.15, 0.2) is 0 Å². The van der Waals surface area contributed by atoms with Gasteiger partial charge in [0.1, 0.15) is 5.60 Å². The van der Waals surface area contributed by atoms with Crippen LogP contribution in [0.5, 0.6) is 0 Å². The number of hydrogen-bond acceptors (Lipinski definition) is 4. The molecule has 2 unspecified atom stereocenters. The fraction of sp³-hybridized carbons (Fsp3) is 1.00. The Hall–Kier alpha value is -0.160. The molecule has 2 heterocycles. The molecule has 3 aliphatic rings. The molecular weight excluding hydrogens is 228 g/mol. The lowest BCUT2D eigenvalue weighted by Crippen LogP contribution is -2.48. The van der Waals surface area contributed by atoms with Gasteiger partial charge in [0.2, 0.25) is 0 Å². The molecule has 1 N–H and O–H groups in total. The van der Waals surface area contributed by atoms with Crippen molar-refractivity contribution in [3.63, 3.8) is 0 Å². The van der Waals surface area contributed by atoms with E-state index in [4.69, 9.17) is 9.47 Å². The predicted molar refractivity (Wildman–Crippen MR) is 70.7 cm³/mol. The van der Waals surface area contributed by atoms with Gasteiger partial charge in [0.05, 0.1) is 6.61 Å². The van der Waals surface area contributed by atoms with Gasteiger partial charge >= 0.3 is 0 Å². The van der Waals surface area contributed by atoms with E-state index in [1.54, 1.807) is 0 Å². The van der Waals surface area contributed by atoms with Crippen LogP contribution in [0.25, 0.3) is 0 Å². The Morgan fingerprint density at radius 1 is 1.44 bits per heavy atom. The molecule has 104 valence electrons. The number of methoxy groups -OCH3 is 1. The molecule has 4 heteroatoms. The van der Waals surface area contributed by atoms with Gasteiger partial charge in [-0.2, -0.15) is 0 Å². The Morgan fingerprint density at radius 2 is 2.33 bits per heavy atom. The van der Waals surface area contributed by atoms with Gasteiger partial charge in [-0.15, -0.1) is 0 Å². The molecule has 18 heavy (non-hydrogen) atoms. The molecule has 0 spiro atoms. The van der Waals surface area contributed by atoms with Crippen LogP contribution in [-0.4, -0.2) is 63.0 Å². The molecule has 0 aromatic heterocycles. The number of rotatable bonds is 4. The van der Waals surface area contributed by atoms with Crippen LogP contribution in [0, 0.1) is 5.92 Å². The SMILES string of the molecule is COC1(CN2CCCNC(C3CC3)C2)CCOC1. The van der Waals surface area contributed by atoms with Crippen LogP contribution in [0.2, 0.25) is 0 Å². The zero-order valence-corrected chi connectivity index (χ0v) is 11.5. The molecule has 2 aliphatic heterocycles. The van der Waals surface area contributed by atoms with Gasteiger partial charge in [-0.25, -0.2) is 0 Å². The van der Waals surface area contributed by atoms with Gasteiger partial charge in [0.25, 0.3) is 0 Å². The van der Waals surface area contributed by atoms with Crippen LogP contribution in [0.4, 0.5) is 0 Å². The van der Waals surface area contributed by atoms with Crippen LogP contribution < -0.4 is 5.32 Å². The van der Waals surface area contributed by atoms with E-state index < -0.39 is 0 Å². The largest absolute Gasteiger partial charge is 0.378 e. The summed E-state index contributed by atoms with van der Waals surface area (Å²) in [5, 5.41) is 3.72. The van der Waals surface area contributed by atoms with Gasteiger partial charge in [0, 0.05) is 39.3 Å². The van der Waals surface area contributed by atoms with Crippen molar-refractivity contribution in [2.75, 3.05) is 46.5 Å². The summed E-state index contributed by atoms with van der Waals surface area (Å²) in [6.07, 6.45) is 5.14. The first kappa shape index (κ1) is 12.9. The lowest BCUT2D eigenvalue weighted by Gasteiger charge is -2.33. The highest BCUT2D eigenvalue weighted by molar-refractivity contribution is 4.93. The number of hydrogen-bond donors (Lipinski definition) is 1. The van der Waals surface area contributed by atoms with Crippen molar-refractivity contribution in [3.8, 4) is 0 Å². The fourth-order valence-corrected chi connectivity index (χ4v) is 3.33. The molecule has 3 fully saturated rings. The lowest BCUT2D eigenvalue weighted by atomic mass is 10.0. The third-order valence-corrected chi connectivity index (χ3v) is 4.72. The zero-order chi connectivity index (χ0) is 12.4. The molecule has 0 bridgehead atoms. The minimum absolute atomic E-state index is 0.0432. The smallest absolute Gasteiger partial charge is 0.106 e. The number of ether oxygens (including phenoxy) is 2. The Morgan fingerprint density at radius 3 is 3.00 bits per heavy atom. The number of nitrogens with zero attached hydrogens (tertiary/aromatic N) is 1. The standard InChI is InChI=1S/C14H26N2O2/c1-17-14(5-8-18-11-14)10-16-7-2-6-15-13(9-16)12-3-4-12/h12-13,15H,2-11H2,1H3. The van der Waals surface area contributed by atoms with Gasteiger partial charge in [-0.1, -0.05) is 0 Å². The summed E-state index contributed by atoms with van der Waals surface area (Å²) in [7, 11) is 1.84. The predicted octanol–water partition coefficient (Wildman–Crippen LogP) is 0.866. The van der Waals surface area contributed by atoms with E-state index in [-0.39, 0.29) is 5.60 Å². The normalized spacial score (nSPS) is 38.8. The highest BCUT2D eigenvalue weighted by atomic mass is 16.5. The second kappa shape index (κ2) is 5.45. The van der Waals surface area contributed by atoms with Crippen molar-refractivity contribution >= 4 is 0 Å². The van der Waals surface area contributed by atoms with Gasteiger partial charge < -0.3 is 14.8 Å². The molecule has 2 saturated heterocycles. The molecule has 2 atom stereocenters.